The van der Waals surface area contributed by atoms with Gasteiger partial charge in [-0.15, -0.1) is 0 Å². The molecule has 0 aliphatic carbocycles. The van der Waals surface area contributed by atoms with Crippen molar-refractivity contribution >= 4 is 17.9 Å². The van der Waals surface area contributed by atoms with Crippen molar-refractivity contribution in [2.45, 2.75) is 43.9 Å². The van der Waals surface area contributed by atoms with Crippen LogP contribution in [0.15, 0.2) is 91.0 Å². The number of hydrogen-bond donors (Lipinski definition) is 0. The quantitative estimate of drug-likeness (QED) is 0.212. The summed E-state index contributed by atoms with van der Waals surface area (Å²) in [4.78, 5) is 47.2. The number of carbonyl (C=O) groups excluding carboxylic acids is 3. The Bertz CT molecular complexity index is 1320. The minimum Gasteiger partial charge on any atom is -0.467 e. The maximum Gasteiger partial charge on any atom is 0.328 e. The molecule has 226 valence electrons. The van der Waals surface area contributed by atoms with Crippen LogP contribution in [0.1, 0.15) is 37.0 Å². The maximum absolute atomic E-state index is 14.1. The second-order valence-corrected chi connectivity index (χ2v) is 11.9. The fourth-order valence-corrected chi connectivity index (χ4v) is 6.75. The van der Waals surface area contributed by atoms with Crippen LogP contribution < -0.4 is 0 Å². The lowest BCUT2D eigenvalue weighted by Gasteiger charge is -2.38. The SMILES string of the molecule is COC(=O)[C@H](C(C)C)N(C)C(=O)N(C)[C@H]1CCN(C(=O)C2CN2C(c2ccccc2)(c2ccccc2)c2ccccc2)C1. The fraction of sp³-hybridized carbons (Fsp3) is 0.400. The summed E-state index contributed by atoms with van der Waals surface area (Å²) in [7, 11) is 4.72. The standard InChI is InChI=1S/C35H42N4O4/c1-25(2)31(33(41)43-5)37(4)34(42)36(3)29-21-22-38(23-29)32(40)30-24-39(30)35(26-15-9-6-10-16-26,27-17-11-7-12-18-27)28-19-13-8-14-20-28/h6-20,25,29-31H,21-24H2,1-5H3/t29-,30?,31-,39?/m0/s1. The molecule has 3 aromatic carbocycles. The molecule has 2 heterocycles. The number of likely N-dealkylation sites (tertiary alicyclic amines) is 1. The zero-order valence-corrected chi connectivity index (χ0v) is 25.7. The zero-order valence-electron chi connectivity index (χ0n) is 25.7. The van der Waals surface area contributed by atoms with E-state index in [0.29, 0.717) is 26.1 Å². The zero-order chi connectivity index (χ0) is 30.7. The van der Waals surface area contributed by atoms with Gasteiger partial charge in [0, 0.05) is 33.7 Å². The first-order chi connectivity index (χ1) is 20.7. The van der Waals surface area contributed by atoms with Crippen LogP contribution in [-0.4, -0.2) is 96.5 Å². The molecular formula is C35H42N4O4. The van der Waals surface area contributed by atoms with Crippen LogP contribution in [0.2, 0.25) is 0 Å². The van der Waals surface area contributed by atoms with E-state index in [4.69, 9.17) is 4.74 Å². The fourth-order valence-electron chi connectivity index (χ4n) is 6.75. The summed E-state index contributed by atoms with van der Waals surface area (Å²) in [5.74, 6) is -0.454. The van der Waals surface area contributed by atoms with Gasteiger partial charge in [0.2, 0.25) is 5.91 Å². The Morgan fingerprint density at radius 1 is 0.814 bits per heavy atom. The monoisotopic (exact) mass is 582 g/mol. The van der Waals surface area contributed by atoms with Crippen LogP contribution in [0.4, 0.5) is 4.79 Å². The van der Waals surface area contributed by atoms with Crippen molar-refractivity contribution in [2.24, 2.45) is 5.92 Å². The summed E-state index contributed by atoms with van der Waals surface area (Å²) in [5.41, 5.74) is 2.71. The van der Waals surface area contributed by atoms with Gasteiger partial charge >= 0.3 is 12.0 Å². The van der Waals surface area contributed by atoms with Crippen LogP contribution in [0.25, 0.3) is 0 Å². The van der Waals surface area contributed by atoms with Crippen molar-refractivity contribution in [2.75, 3.05) is 40.8 Å². The number of rotatable bonds is 9. The highest BCUT2D eigenvalue weighted by molar-refractivity contribution is 5.86. The number of carbonyl (C=O) groups is 3. The second-order valence-electron chi connectivity index (χ2n) is 11.9. The van der Waals surface area contributed by atoms with Crippen LogP contribution in [0.5, 0.6) is 0 Å². The highest BCUT2D eigenvalue weighted by Gasteiger charge is 2.57. The Morgan fingerprint density at radius 2 is 1.30 bits per heavy atom. The van der Waals surface area contributed by atoms with Gasteiger partial charge in [0.15, 0.2) is 0 Å². The number of ether oxygens (including phenoxy) is 1. The van der Waals surface area contributed by atoms with Crippen LogP contribution in [0, 0.1) is 5.92 Å². The molecule has 3 aromatic rings. The second kappa shape index (κ2) is 12.6. The van der Waals surface area contributed by atoms with E-state index >= 15 is 0 Å². The molecule has 0 saturated carbocycles. The van der Waals surface area contributed by atoms with Crippen molar-refractivity contribution in [1.82, 2.24) is 19.6 Å². The van der Waals surface area contributed by atoms with Gasteiger partial charge in [-0.3, -0.25) is 9.69 Å². The molecule has 0 spiro atoms. The number of urea groups is 1. The van der Waals surface area contributed by atoms with Gasteiger partial charge < -0.3 is 19.4 Å². The van der Waals surface area contributed by atoms with Crippen LogP contribution in [-0.2, 0) is 19.9 Å². The lowest BCUT2D eigenvalue weighted by Crippen LogP contribution is -2.53. The minimum atomic E-state index is -0.679. The molecule has 8 nitrogen and oxygen atoms in total. The van der Waals surface area contributed by atoms with Gasteiger partial charge in [-0.25, -0.2) is 9.59 Å². The molecule has 5 rings (SSSR count). The minimum absolute atomic E-state index is 0.0819. The molecule has 8 heteroatoms. The van der Waals surface area contributed by atoms with Crippen molar-refractivity contribution in [3.8, 4) is 0 Å². The van der Waals surface area contributed by atoms with E-state index in [9.17, 15) is 14.4 Å². The van der Waals surface area contributed by atoms with E-state index in [2.05, 4.69) is 77.7 Å². The average molecular weight is 583 g/mol. The van der Waals surface area contributed by atoms with Gasteiger partial charge in [-0.1, -0.05) is 105 Å². The smallest absolute Gasteiger partial charge is 0.328 e. The summed E-state index contributed by atoms with van der Waals surface area (Å²) in [6.45, 7) is 5.45. The van der Waals surface area contributed by atoms with Crippen molar-refractivity contribution in [1.29, 1.82) is 0 Å². The molecule has 2 saturated heterocycles. The number of hydrogen-bond acceptors (Lipinski definition) is 5. The van der Waals surface area contributed by atoms with Gasteiger partial charge in [0.05, 0.1) is 18.7 Å². The van der Waals surface area contributed by atoms with E-state index in [1.807, 2.05) is 36.9 Å². The molecule has 0 N–H and O–H groups in total. The van der Waals surface area contributed by atoms with Crippen LogP contribution >= 0.6 is 0 Å². The van der Waals surface area contributed by atoms with Crippen molar-refractivity contribution in [3.05, 3.63) is 108 Å². The number of benzene rings is 3. The lowest BCUT2D eigenvalue weighted by atomic mass is 9.76. The third kappa shape index (κ3) is 5.64. The van der Waals surface area contributed by atoms with Crippen molar-refractivity contribution in [3.63, 3.8) is 0 Å². The van der Waals surface area contributed by atoms with Gasteiger partial charge in [0.1, 0.15) is 12.1 Å². The van der Waals surface area contributed by atoms with Crippen molar-refractivity contribution < 1.29 is 19.1 Å². The molecular weight excluding hydrogens is 540 g/mol. The molecule has 0 aromatic heterocycles. The molecule has 0 radical (unpaired) electrons. The molecule has 43 heavy (non-hydrogen) atoms. The summed E-state index contributed by atoms with van der Waals surface area (Å²) in [6.07, 6.45) is 0.681. The Morgan fingerprint density at radius 3 is 1.74 bits per heavy atom. The third-order valence-corrected chi connectivity index (χ3v) is 9.02. The van der Waals surface area contributed by atoms with Gasteiger partial charge in [0.25, 0.3) is 0 Å². The Hall–Kier alpha value is -4.17. The number of likely N-dealkylation sites (N-methyl/N-ethyl adjacent to an activating group) is 2. The Kier molecular flexibility index (Phi) is 8.87. The normalized spacial score (nSPS) is 20.4. The number of methoxy groups -OCH3 is 1. The highest BCUT2D eigenvalue weighted by Crippen LogP contribution is 2.48. The lowest BCUT2D eigenvalue weighted by molar-refractivity contribution is -0.147. The summed E-state index contributed by atoms with van der Waals surface area (Å²) < 4.78 is 4.96. The predicted molar refractivity (Wildman–Crippen MR) is 166 cm³/mol. The molecule has 0 bridgehead atoms. The summed E-state index contributed by atoms with van der Waals surface area (Å²) >= 11 is 0. The topological polar surface area (TPSA) is 73.2 Å². The van der Waals surface area contributed by atoms with E-state index in [0.717, 1.165) is 16.7 Å². The molecule has 4 atom stereocenters. The maximum atomic E-state index is 14.1. The van der Waals surface area contributed by atoms with E-state index < -0.39 is 17.6 Å². The first-order valence-corrected chi connectivity index (χ1v) is 15.0. The predicted octanol–water partition coefficient (Wildman–Crippen LogP) is 4.44. The third-order valence-electron chi connectivity index (χ3n) is 9.02. The molecule has 2 aliphatic rings. The number of nitrogens with zero attached hydrogens (tertiary/aromatic N) is 4. The summed E-state index contributed by atoms with van der Waals surface area (Å²) in [6, 6.07) is 29.8. The van der Waals surface area contributed by atoms with E-state index in [1.165, 1.54) is 12.0 Å². The molecule has 3 amide bonds. The molecule has 2 unspecified atom stereocenters. The van der Waals surface area contributed by atoms with E-state index in [-0.39, 0.29) is 29.9 Å². The number of amides is 3. The first kappa shape index (κ1) is 30.3. The molecule has 2 aliphatic heterocycles. The molecule has 2 fully saturated rings. The van der Waals surface area contributed by atoms with E-state index in [1.54, 1.807) is 19.0 Å². The number of esters is 1. The average Bonchev–Trinajstić information content (AvgIpc) is 3.68. The Labute approximate surface area is 254 Å². The van der Waals surface area contributed by atoms with Gasteiger partial charge in [-0.2, -0.15) is 0 Å². The first-order valence-electron chi connectivity index (χ1n) is 15.0. The largest absolute Gasteiger partial charge is 0.467 e. The van der Waals surface area contributed by atoms with Gasteiger partial charge in [-0.05, 0) is 29.0 Å². The summed E-state index contributed by atoms with van der Waals surface area (Å²) in [5, 5.41) is 0. The Balaban J connectivity index is 1.37. The van der Waals surface area contributed by atoms with Crippen LogP contribution in [0.3, 0.4) is 0 Å². The highest BCUT2D eigenvalue weighted by atomic mass is 16.5.